The van der Waals surface area contributed by atoms with Gasteiger partial charge in [0.25, 0.3) is 0 Å². The van der Waals surface area contributed by atoms with Gasteiger partial charge < -0.3 is 9.47 Å². The minimum atomic E-state index is -0.253. The lowest BCUT2D eigenvalue weighted by atomic mass is 9.82. The summed E-state index contributed by atoms with van der Waals surface area (Å²) in [7, 11) is 1.69. The van der Waals surface area contributed by atoms with E-state index in [1.54, 1.807) is 7.11 Å². The van der Waals surface area contributed by atoms with E-state index in [0.717, 1.165) is 18.6 Å². The summed E-state index contributed by atoms with van der Waals surface area (Å²) in [5.41, 5.74) is 1.07. The lowest BCUT2D eigenvalue weighted by Gasteiger charge is -2.24. The Morgan fingerprint density at radius 2 is 1.95 bits per heavy atom. The molecule has 3 nitrogen and oxygen atoms in total. The Kier molecular flexibility index (Phi) is 2.93. The zero-order chi connectivity index (χ0) is 15.3. The first kappa shape index (κ1) is 13.6. The fourth-order valence-corrected chi connectivity index (χ4v) is 4.22. The molecule has 114 valence electrons. The molecule has 0 unspecified atom stereocenters. The van der Waals surface area contributed by atoms with Crippen LogP contribution in [0, 0.1) is 5.92 Å². The maximum Gasteiger partial charge on any atom is 0.306 e. The molecule has 3 heteroatoms. The molecule has 0 radical (unpaired) electrons. The minimum absolute atomic E-state index is 0.0391. The summed E-state index contributed by atoms with van der Waals surface area (Å²) in [6, 6.07) is 12.8. The van der Waals surface area contributed by atoms with E-state index >= 15 is 0 Å². The number of esters is 1. The average Bonchev–Trinajstić information content (AvgIpc) is 2.97. The second kappa shape index (κ2) is 4.73. The number of benzene rings is 2. The van der Waals surface area contributed by atoms with Crippen LogP contribution in [0.5, 0.6) is 5.75 Å². The molecule has 3 atom stereocenters. The minimum Gasteiger partial charge on any atom is -0.497 e. The van der Waals surface area contributed by atoms with Gasteiger partial charge in [-0.15, -0.1) is 0 Å². The SMILES string of the molecule is COc1ccc2cc([C@@H]3CC[C@@]4(C)OC(=O)C[C@H]34)ccc2c1. The van der Waals surface area contributed by atoms with Gasteiger partial charge in [-0.1, -0.05) is 24.3 Å². The highest BCUT2D eigenvalue weighted by atomic mass is 16.6. The summed E-state index contributed by atoms with van der Waals surface area (Å²) in [5, 5.41) is 2.40. The molecule has 22 heavy (non-hydrogen) atoms. The summed E-state index contributed by atoms with van der Waals surface area (Å²) in [5.74, 6) is 1.57. The zero-order valence-electron chi connectivity index (χ0n) is 13.0. The van der Waals surface area contributed by atoms with E-state index in [1.807, 2.05) is 6.07 Å². The van der Waals surface area contributed by atoms with Crippen molar-refractivity contribution in [1.29, 1.82) is 0 Å². The van der Waals surface area contributed by atoms with E-state index in [1.165, 1.54) is 16.3 Å². The first-order valence-corrected chi connectivity index (χ1v) is 7.89. The molecule has 4 rings (SSSR count). The van der Waals surface area contributed by atoms with Gasteiger partial charge in [-0.25, -0.2) is 0 Å². The highest BCUT2D eigenvalue weighted by Gasteiger charge is 2.53. The molecular weight excluding hydrogens is 276 g/mol. The van der Waals surface area contributed by atoms with Crippen molar-refractivity contribution in [2.45, 2.75) is 37.7 Å². The zero-order valence-corrected chi connectivity index (χ0v) is 13.0. The van der Waals surface area contributed by atoms with Crippen molar-refractivity contribution in [3.05, 3.63) is 42.0 Å². The molecule has 0 N–H and O–H groups in total. The Morgan fingerprint density at radius 3 is 2.77 bits per heavy atom. The van der Waals surface area contributed by atoms with Crippen LogP contribution in [0.1, 0.15) is 37.7 Å². The highest BCUT2D eigenvalue weighted by molar-refractivity contribution is 5.84. The normalized spacial score (nSPS) is 30.4. The first-order chi connectivity index (χ1) is 10.6. The van der Waals surface area contributed by atoms with E-state index in [4.69, 9.17) is 9.47 Å². The molecule has 1 saturated carbocycles. The summed E-state index contributed by atoms with van der Waals surface area (Å²) < 4.78 is 10.9. The number of rotatable bonds is 2. The van der Waals surface area contributed by atoms with Crippen molar-refractivity contribution < 1.29 is 14.3 Å². The standard InChI is InChI=1S/C19H20O3/c1-19-8-7-16(17(19)11-18(20)22-19)14-4-3-13-10-15(21-2)6-5-12(13)9-14/h3-6,9-10,16-17H,7-8,11H2,1-2H3/t16-,17+,19+/m0/s1. The van der Waals surface area contributed by atoms with Crippen LogP contribution in [0.3, 0.4) is 0 Å². The molecule has 0 aromatic heterocycles. The maximum absolute atomic E-state index is 11.7. The smallest absolute Gasteiger partial charge is 0.306 e. The van der Waals surface area contributed by atoms with Crippen molar-refractivity contribution >= 4 is 16.7 Å². The quantitative estimate of drug-likeness (QED) is 0.784. The van der Waals surface area contributed by atoms with Crippen molar-refractivity contribution in [1.82, 2.24) is 0 Å². The van der Waals surface area contributed by atoms with Crippen LogP contribution in [0.2, 0.25) is 0 Å². The van der Waals surface area contributed by atoms with Gasteiger partial charge in [-0.3, -0.25) is 4.79 Å². The maximum atomic E-state index is 11.7. The highest BCUT2D eigenvalue weighted by Crippen LogP contribution is 2.53. The van der Waals surface area contributed by atoms with Gasteiger partial charge in [0, 0.05) is 5.92 Å². The van der Waals surface area contributed by atoms with Crippen molar-refractivity contribution in [3.8, 4) is 5.75 Å². The van der Waals surface area contributed by atoms with Crippen molar-refractivity contribution in [2.75, 3.05) is 7.11 Å². The molecule has 2 aromatic rings. The third kappa shape index (κ3) is 1.99. The number of hydrogen-bond donors (Lipinski definition) is 0. The molecule has 2 aromatic carbocycles. The van der Waals surface area contributed by atoms with E-state index in [9.17, 15) is 4.79 Å². The molecule has 0 spiro atoms. The number of fused-ring (bicyclic) bond motifs is 2. The van der Waals surface area contributed by atoms with Crippen LogP contribution in [-0.4, -0.2) is 18.7 Å². The monoisotopic (exact) mass is 296 g/mol. The van der Waals surface area contributed by atoms with Gasteiger partial charge in [0.1, 0.15) is 11.4 Å². The Balaban J connectivity index is 1.71. The lowest BCUT2D eigenvalue weighted by molar-refractivity contribution is -0.147. The summed E-state index contributed by atoms with van der Waals surface area (Å²) in [6.07, 6.45) is 2.62. The van der Waals surface area contributed by atoms with Crippen LogP contribution in [-0.2, 0) is 9.53 Å². The van der Waals surface area contributed by atoms with Gasteiger partial charge in [-0.2, -0.15) is 0 Å². The number of methoxy groups -OCH3 is 1. The van der Waals surface area contributed by atoms with Crippen LogP contribution in [0.4, 0.5) is 0 Å². The third-order valence-electron chi connectivity index (χ3n) is 5.45. The molecule has 1 aliphatic heterocycles. The van der Waals surface area contributed by atoms with E-state index in [0.29, 0.717) is 18.3 Å². The number of carbonyl (C=O) groups is 1. The second-order valence-corrected chi connectivity index (χ2v) is 6.72. The van der Waals surface area contributed by atoms with Gasteiger partial charge >= 0.3 is 5.97 Å². The molecular formula is C19H20O3. The molecule has 0 bridgehead atoms. The van der Waals surface area contributed by atoms with Crippen LogP contribution in [0.25, 0.3) is 10.8 Å². The third-order valence-corrected chi connectivity index (χ3v) is 5.45. The van der Waals surface area contributed by atoms with Gasteiger partial charge in [0.05, 0.1) is 13.5 Å². The Labute approximate surface area is 130 Å². The number of hydrogen-bond acceptors (Lipinski definition) is 3. The van der Waals surface area contributed by atoms with E-state index in [2.05, 4.69) is 37.3 Å². The largest absolute Gasteiger partial charge is 0.497 e. The second-order valence-electron chi connectivity index (χ2n) is 6.72. The van der Waals surface area contributed by atoms with Crippen molar-refractivity contribution in [2.24, 2.45) is 5.92 Å². The fraction of sp³-hybridized carbons (Fsp3) is 0.421. The summed E-state index contributed by atoms with van der Waals surface area (Å²) in [4.78, 5) is 11.7. The van der Waals surface area contributed by atoms with Crippen LogP contribution >= 0.6 is 0 Å². The van der Waals surface area contributed by atoms with Gasteiger partial charge in [-0.05, 0) is 54.2 Å². The molecule has 1 heterocycles. The number of carbonyl (C=O) groups excluding carboxylic acids is 1. The number of ether oxygens (including phenoxy) is 2. The van der Waals surface area contributed by atoms with Crippen LogP contribution in [0.15, 0.2) is 36.4 Å². The first-order valence-electron chi connectivity index (χ1n) is 7.89. The fourth-order valence-electron chi connectivity index (χ4n) is 4.22. The summed E-state index contributed by atoms with van der Waals surface area (Å²) >= 11 is 0. The van der Waals surface area contributed by atoms with Crippen LogP contribution < -0.4 is 4.74 Å². The van der Waals surface area contributed by atoms with Gasteiger partial charge in [0.2, 0.25) is 0 Å². The molecule has 1 aliphatic carbocycles. The predicted molar refractivity (Wildman–Crippen MR) is 85.1 cm³/mol. The molecule has 2 fully saturated rings. The Hall–Kier alpha value is -2.03. The topological polar surface area (TPSA) is 35.5 Å². The average molecular weight is 296 g/mol. The molecule has 0 amide bonds. The van der Waals surface area contributed by atoms with Crippen molar-refractivity contribution in [3.63, 3.8) is 0 Å². The Morgan fingerprint density at radius 1 is 1.18 bits per heavy atom. The van der Waals surface area contributed by atoms with E-state index < -0.39 is 0 Å². The molecule has 1 saturated heterocycles. The van der Waals surface area contributed by atoms with Gasteiger partial charge in [0.15, 0.2) is 0 Å². The summed E-state index contributed by atoms with van der Waals surface area (Å²) in [6.45, 7) is 2.09. The molecule has 2 aliphatic rings. The predicted octanol–water partition coefficient (Wildman–Crippen LogP) is 4.05. The van der Waals surface area contributed by atoms with E-state index in [-0.39, 0.29) is 11.6 Å². The lowest BCUT2D eigenvalue weighted by Crippen LogP contribution is -2.27. The Bertz CT molecular complexity index is 751.